The number of carbonyl (C=O) groups is 1. The maximum atomic E-state index is 11.2. The van der Waals surface area contributed by atoms with E-state index in [0.717, 1.165) is 12.2 Å². The highest BCUT2D eigenvalue weighted by Crippen LogP contribution is 2.29. The molecular weight excluding hydrogens is 166 g/mol. The van der Waals surface area contributed by atoms with E-state index in [9.17, 15) is 4.79 Å². The van der Waals surface area contributed by atoms with E-state index in [4.69, 9.17) is 10.2 Å². The quantitative estimate of drug-likeness (QED) is 0.708. The summed E-state index contributed by atoms with van der Waals surface area (Å²) < 4.78 is 5.23. The molecule has 3 heteroatoms. The number of allylic oxidation sites excluding steroid dienone is 2. The Morgan fingerprint density at radius 2 is 2.31 bits per heavy atom. The Morgan fingerprint density at radius 3 is 2.92 bits per heavy atom. The molecule has 2 N–H and O–H groups in total. The molecule has 0 radical (unpaired) electrons. The summed E-state index contributed by atoms with van der Waals surface area (Å²) in [5, 5.41) is 0. The van der Waals surface area contributed by atoms with Crippen molar-refractivity contribution in [3.8, 4) is 0 Å². The van der Waals surface area contributed by atoms with E-state index in [0.29, 0.717) is 12.1 Å². The minimum atomic E-state index is 0.0881. The standard InChI is InChI=1S/C10H11NO2/c11-8-4-7(5-9(12)6-8)10-2-1-3-13-10/h1-3,6-7H,4-5,11H2/t7-/m0/s1. The summed E-state index contributed by atoms with van der Waals surface area (Å²) in [5.41, 5.74) is 6.27. The molecule has 1 aromatic heterocycles. The number of carbonyl (C=O) groups excluding carboxylic acids is 1. The van der Waals surface area contributed by atoms with Gasteiger partial charge in [-0.1, -0.05) is 0 Å². The van der Waals surface area contributed by atoms with Gasteiger partial charge in [-0.15, -0.1) is 0 Å². The van der Waals surface area contributed by atoms with Crippen LogP contribution in [0.15, 0.2) is 34.6 Å². The van der Waals surface area contributed by atoms with Crippen LogP contribution in [0.2, 0.25) is 0 Å². The van der Waals surface area contributed by atoms with E-state index < -0.39 is 0 Å². The van der Waals surface area contributed by atoms with Crippen molar-refractivity contribution in [1.29, 1.82) is 0 Å². The summed E-state index contributed by atoms with van der Waals surface area (Å²) in [7, 11) is 0. The highest BCUT2D eigenvalue weighted by molar-refractivity contribution is 5.91. The van der Waals surface area contributed by atoms with Crippen molar-refractivity contribution in [1.82, 2.24) is 0 Å². The van der Waals surface area contributed by atoms with Gasteiger partial charge >= 0.3 is 0 Å². The zero-order valence-corrected chi connectivity index (χ0v) is 7.19. The Hall–Kier alpha value is -1.51. The number of ketones is 1. The molecule has 1 aliphatic carbocycles. The molecule has 0 saturated heterocycles. The highest BCUT2D eigenvalue weighted by atomic mass is 16.3. The molecular formula is C10H11NO2. The van der Waals surface area contributed by atoms with Crippen LogP contribution < -0.4 is 5.73 Å². The Bertz CT molecular complexity index is 338. The van der Waals surface area contributed by atoms with Crippen LogP contribution in [0, 0.1) is 0 Å². The molecule has 1 aliphatic rings. The lowest BCUT2D eigenvalue weighted by atomic mass is 9.89. The SMILES string of the molecule is NC1=CC(=O)C[C@@H](c2ccco2)C1. The first-order valence-electron chi connectivity index (χ1n) is 4.28. The third-order valence-electron chi connectivity index (χ3n) is 2.22. The average Bonchev–Trinajstić information content (AvgIpc) is 2.53. The first kappa shape index (κ1) is 8.10. The third-order valence-corrected chi connectivity index (χ3v) is 2.22. The zero-order chi connectivity index (χ0) is 9.26. The van der Waals surface area contributed by atoms with E-state index in [1.807, 2.05) is 12.1 Å². The lowest BCUT2D eigenvalue weighted by Gasteiger charge is -2.17. The lowest BCUT2D eigenvalue weighted by Crippen LogP contribution is -2.16. The Kier molecular flexibility index (Phi) is 1.93. The summed E-state index contributed by atoms with van der Waals surface area (Å²) in [5.74, 6) is 1.07. The molecule has 68 valence electrons. The molecule has 0 aromatic carbocycles. The van der Waals surface area contributed by atoms with Gasteiger partial charge in [0.1, 0.15) is 5.76 Å². The highest BCUT2D eigenvalue weighted by Gasteiger charge is 2.22. The van der Waals surface area contributed by atoms with Crippen molar-refractivity contribution in [2.75, 3.05) is 0 Å². The van der Waals surface area contributed by atoms with E-state index in [1.54, 1.807) is 6.26 Å². The van der Waals surface area contributed by atoms with Crippen LogP contribution in [0.3, 0.4) is 0 Å². The fourth-order valence-corrected chi connectivity index (χ4v) is 1.65. The molecule has 3 nitrogen and oxygen atoms in total. The summed E-state index contributed by atoms with van der Waals surface area (Å²) in [6, 6.07) is 3.71. The second kappa shape index (κ2) is 3.09. The number of rotatable bonds is 1. The molecule has 2 rings (SSSR count). The van der Waals surface area contributed by atoms with E-state index in [1.165, 1.54) is 6.08 Å². The van der Waals surface area contributed by atoms with Crippen molar-refractivity contribution in [3.05, 3.63) is 35.9 Å². The summed E-state index contributed by atoms with van der Waals surface area (Å²) in [6.45, 7) is 0. The van der Waals surface area contributed by atoms with Gasteiger partial charge in [0, 0.05) is 18.0 Å². The van der Waals surface area contributed by atoms with Gasteiger partial charge in [0.2, 0.25) is 0 Å². The maximum absolute atomic E-state index is 11.2. The molecule has 1 atom stereocenters. The number of nitrogens with two attached hydrogens (primary N) is 1. The minimum Gasteiger partial charge on any atom is -0.469 e. The van der Waals surface area contributed by atoms with Crippen molar-refractivity contribution < 1.29 is 9.21 Å². The van der Waals surface area contributed by atoms with Crippen LogP contribution in [-0.4, -0.2) is 5.78 Å². The molecule has 0 spiro atoms. The first-order valence-corrected chi connectivity index (χ1v) is 4.28. The van der Waals surface area contributed by atoms with Gasteiger partial charge in [-0.3, -0.25) is 4.79 Å². The van der Waals surface area contributed by atoms with Crippen molar-refractivity contribution in [2.24, 2.45) is 5.73 Å². The third kappa shape index (κ3) is 1.64. The molecule has 0 unspecified atom stereocenters. The monoisotopic (exact) mass is 177 g/mol. The molecule has 13 heavy (non-hydrogen) atoms. The number of hydrogen-bond acceptors (Lipinski definition) is 3. The zero-order valence-electron chi connectivity index (χ0n) is 7.19. The molecule has 0 saturated carbocycles. The van der Waals surface area contributed by atoms with Crippen molar-refractivity contribution >= 4 is 5.78 Å². The van der Waals surface area contributed by atoms with Gasteiger partial charge in [0.25, 0.3) is 0 Å². The minimum absolute atomic E-state index is 0.0881. The van der Waals surface area contributed by atoms with Gasteiger partial charge in [-0.25, -0.2) is 0 Å². The van der Waals surface area contributed by atoms with Crippen molar-refractivity contribution in [3.63, 3.8) is 0 Å². The van der Waals surface area contributed by atoms with Crippen LogP contribution in [0.1, 0.15) is 24.5 Å². The molecule has 1 aromatic rings. The topological polar surface area (TPSA) is 56.2 Å². The second-order valence-electron chi connectivity index (χ2n) is 3.31. The van der Waals surface area contributed by atoms with Gasteiger partial charge in [-0.05, 0) is 24.6 Å². The number of hydrogen-bond donors (Lipinski definition) is 1. The van der Waals surface area contributed by atoms with Gasteiger partial charge in [-0.2, -0.15) is 0 Å². The van der Waals surface area contributed by atoms with E-state index in [2.05, 4.69) is 0 Å². The predicted molar refractivity (Wildman–Crippen MR) is 48.0 cm³/mol. The normalized spacial score (nSPS) is 22.9. The van der Waals surface area contributed by atoms with Crippen LogP contribution >= 0.6 is 0 Å². The largest absolute Gasteiger partial charge is 0.469 e. The molecule has 0 bridgehead atoms. The molecule has 0 fully saturated rings. The van der Waals surface area contributed by atoms with Gasteiger partial charge < -0.3 is 10.2 Å². The van der Waals surface area contributed by atoms with Gasteiger partial charge in [0.05, 0.1) is 6.26 Å². The van der Waals surface area contributed by atoms with Crippen LogP contribution in [0.5, 0.6) is 0 Å². The van der Waals surface area contributed by atoms with Crippen molar-refractivity contribution in [2.45, 2.75) is 18.8 Å². The average molecular weight is 177 g/mol. The Morgan fingerprint density at radius 1 is 1.46 bits per heavy atom. The fourth-order valence-electron chi connectivity index (χ4n) is 1.65. The molecule has 0 aliphatic heterocycles. The maximum Gasteiger partial charge on any atom is 0.158 e. The lowest BCUT2D eigenvalue weighted by molar-refractivity contribution is -0.115. The predicted octanol–water partition coefficient (Wildman–Crippen LogP) is 1.57. The van der Waals surface area contributed by atoms with E-state index in [-0.39, 0.29) is 11.7 Å². The first-order chi connectivity index (χ1) is 6.25. The van der Waals surface area contributed by atoms with Crippen LogP contribution in [-0.2, 0) is 4.79 Å². The Balaban J connectivity index is 2.20. The smallest absolute Gasteiger partial charge is 0.158 e. The van der Waals surface area contributed by atoms with Gasteiger partial charge in [0.15, 0.2) is 5.78 Å². The van der Waals surface area contributed by atoms with E-state index >= 15 is 0 Å². The summed E-state index contributed by atoms with van der Waals surface area (Å²) in [6.07, 6.45) is 4.36. The fraction of sp³-hybridized carbons (Fsp3) is 0.300. The van der Waals surface area contributed by atoms with Crippen LogP contribution in [0.25, 0.3) is 0 Å². The van der Waals surface area contributed by atoms with Crippen LogP contribution in [0.4, 0.5) is 0 Å². The molecule has 0 amide bonds. The number of furan rings is 1. The molecule has 1 heterocycles. The summed E-state index contributed by atoms with van der Waals surface area (Å²) >= 11 is 0. The second-order valence-corrected chi connectivity index (χ2v) is 3.31. The summed E-state index contributed by atoms with van der Waals surface area (Å²) in [4.78, 5) is 11.2. The Labute approximate surface area is 76.2 Å².